The number of anilines is 1. The molecule has 0 saturated carbocycles. The summed E-state index contributed by atoms with van der Waals surface area (Å²) in [5.41, 5.74) is 1.16. The van der Waals surface area contributed by atoms with Gasteiger partial charge in [-0.05, 0) is 25.0 Å². The van der Waals surface area contributed by atoms with Gasteiger partial charge in [0.2, 0.25) is 0 Å². The average molecular weight is 417 g/mol. The van der Waals surface area contributed by atoms with Crippen LogP contribution in [0.1, 0.15) is 18.9 Å². The number of nitrogens with one attached hydrogen (secondary N) is 2. The molecule has 6 nitrogen and oxygen atoms in total. The van der Waals surface area contributed by atoms with Crippen molar-refractivity contribution in [1.29, 1.82) is 0 Å². The molecule has 1 aromatic heterocycles. The molecule has 3 rings (SSSR count). The number of morpholine rings is 1. The van der Waals surface area contributed by atoms with E-state index in [4.69, 9.17) is 4.74 Å². The Hall–Kier alpha value is -1.09. The number of hydrogen-bond acceptors (Lipinski definition) is 6. The number of aromatic nitrogens is 1. The Morgan fingerprint density at radius 1 is 1.45 bits per heavy atom. The minimum absolute atomic E-state index is 0. The second-order valence-corrected chi connectivity index (χ2v) is 5.52. The van der Waals surface area contributed by atoms with Crippen molar-refractivity contribution in [1.82, 2.24) is 15.6 Å². The first-order chi connectivity index (χ1) is 10.3. The van der Waals surface area contributed by atoms with Crippen LogP contribution in [0.5, 0.6) is 0 Å². The number of rotatable bonds is 3. The Balaban J connectivity index is 0.00000176. The van der Waals surface area contributed by atoms with Gasteiger partial charge in [-0.25, -0.2) is 4.98 Å². The lowest BCUT2D eigenvalue weighted by Gasteiger charge is -2.32. The summed E-state index contributed by atoms with van der Waals surface area (Å²) in [6, 6.07) is 4.21. The molecule has 2 aliphatic rings. The molecule has 0 spiro atoms. The van der Waals surface area contributed by atoms with E-state index in [1.807, 2.05) is 6.20 Å². The highest BCUT2D eigenvalue weighted by molar-refractivity contribution is 14.0. The van der Waals surface area contributed by atoms with Crippen molar-refractivity contribution >= 4 is 35.8 Å². The molecule has 0 aromatic carbocycles. The van der Waals surface area contributed by atoms with Crippen molar-refractivity contribution in [2.24, 2.45) is 4.99 Å². The maximum atomic E-state index is 5.56. The minimum Gasteiger partial charge on any atom is -0.375 e. The summed E-state index contributed by atoms with van der Waals surface area (Å²) in [4.78, 5) is 11.2. The lowest BCUT2D eigenvalue weighted by Crippen LogP contribution is -2.41. The summed E-state index contributed by atoms with van der Waals surface area (Å²) in [7, 11) is 0. The number of nitrogens with zero attached hydrogens (tertiary/aromatic N) is 3. The molecule has 1 fully saturated rings. The lowest BCUT2D eigenvalue weighted by atomic mass is 10.2. The number of hydrogen-bond donors (Lipinski definition) is 2. The van der Waals surface area contributed by atoms with Gasteiger partial charge in [-0.3, -0.25) is 4.99 Å². The second kappa shape index (κ2) is 8.52. The van der Waals surface area contributed by atoms with Crippen molar-refractivity contribution in [3.63, 3.8) is 0 Å². The predicted molar refractivity (Wildman–Crippen MR) is 99.0 cm³/mol. The molecule has 0 radical (unpaired) electrons. The Bertz CT molecular complexity index is 493. The summed E-state index contributed by atoms with van der Waals surface area (Å²) in [6.45, 7) is 7.35. The fourth-order valence-electron chi connectivity index (χ4n) is 2.57. The van der Waals surface area contributed by atoms with Gasteiger partial charge in [0.1, 0.15) is 5.82 Å². The van der Waals surface area contributed by atoms with Crippen molar-refractivity contribution < 1.29 is 4.74 Å². The van der Waals surface area contributed by atoms with E-state index in [1.54, 1.807) is 0 Å². The molecule has 0 amide bonds. The van der Waals surface area contributed by atoms with Crippen LogP contribution >= 0.6 is 24.0 Å². The lowest BCUT2D eigenvalue weighted by molar-refractivity contribution is 0.0529. The highest BCUT2D eigenvalue weighted by Gasteiger charge is 2.17. The standard InChI is InChI=1S/C15H23N5O.HI/c1-12-11-20(7-8-21-12)14-4-3-13(9-18-14)10-19-15-16-5-2-6-17-15;/h3-4,9,12H,2,5-8,10-11H2,1H3,(H2,16,17,19);1H. The molecule has 2 aliphatic heterocycles. The van der Waals surface area contributed by atoms with E-state index in [9.17, 15) is 0 Å². The fraction of sp³-hybridized carbons (Fsp3) is 0.600. The largest absolute Gasteiger partial charge is 0.375 e. The number of guanidine groups is 1. The van der Waals surface area contributed by atoms with Crippen LogP contribution in [0.2, 0.25) is 0 Å². The molecular weight excluding hydrogens is 393 g/mol. The third kappa shape index (κ3) is 4.70. The van der Waals surface area contributed by atoms with Crippen LogP contribution in [-0.2, 0) is 11.3 Å². The van der Waals surface area contributed by atoms with E-state index in [1.165, 1.54) is 0 Å². The molecule has 122 valence electrons. The molecule has 1 aromatic rings. The first-order valence-electron chi connectivity index (χ1n) is 7.65. The van der Waals surface area contributed by atoms with Crippen LogP contribution in [0.25, 0.3) is 0 Å². The third-order valence-electron chi connectivity index (χ3n) is 3.73. The monoisotopic (exact) mass is 417 g/mol. The Morgan fingerprint density at radius 3 is 3.05 bits per heavy atom. The topological polar surface area (TPSA) is 61.8 Å². The minimum atomic E-state index is 0. The van der Waals surface area contributed by atoms with E-state index in [0.29, 0.717) is 0 Å². The third-order valence-corrected chi connectivity index (χ3v) is 3.73. The van der Waals surface area contributed by atoms with Crippen molar-refractivity contribution in [2.45, 2.75) is 26.0 Å². The predicted octanol–water partition coefficient (Wildman–Crippen LogP) is 1.36. The van der Waals surface area contributed by atoms with E-state index >= 15 is 0 Å². The van der Waals surface area contributed by atoms with E-state index in [-0.39, 0.29) is 30.1 Å². The zero-order valence-electron chi connectivity index (χ0n) is 12.9. The Morgan fingerprint density at radius 2 is 2.36 bits per heavy atom. The molecule has 0 aliphatic carbocycles. The highest BCUT2D eigenvalue weighted by Crippen LogP contribution is 2.15. The van der Waals surface area contributed by atoms with Crippen LogP contribution in [0.3, 0.4) is 0 Å². The first kappa shape index (κ1) is 17.3. The summed E-state index contributed by atoms with van der Waals surface area (Å²) in [5.74, 6) is 1.93. The Labute approximate surface area is 148 Å². The van der Waals surface area contributed by atoms with Crippen LogP contribution in [0.15, 0.2) is 23.3 Å². The molecule has 3 heterocycles. The van der Waals surface area contributed by atoms with Gasteiger partial charge in [-0.2, -0.15) is 0 Å². The van der Waals surface area contributed by atoms with Crippen molar-refractivity contribution in [3.8, 4) is 0 Å². The van der Waals surface area contributed by atoms with E-state index < -0.39 is 0 Å². The molecule has 7 heteroatoms. The SMILES string of the molecule is CC1CN(c2ccc(CNC3=NCCCN3)cn2)CCO1.I. The summed E-state index contributed by atoms with van der Waals surface area (Å²) >= 11 is 0. The van der Waals surface area contributed by atoms with Gasteiger partial charge in [0.15, 0.2) is 5.96 Å². The zero-order valence-corrected chi connectivity index (χ0v) is 15.2. The maximum absolute atomic E-state index is 5.56. The van der Waals surface area contributed by atoms with Gasteiger partial charge in [0.05, 0.1) is 12.7 Å². The number of halogens is 1. The average Bonchev–Trinajstić information content (AvgIpc) is 2.54. The highest BCUT2D eigenvalue weighted by atomic mass is 127. The van der Waals surface area contributed by atoms with Gasteiger partial charge in [0.25, 0.3) is 0 Å². The van der Waals surface area contributed by atoms with E-state index in [0.717, 1.165) is 63.1 Å². The van der Waals surface area contributed by atoms with Crippen molar-refractivity contribution in [2.75, 3.05) is 37.7 Å². The quantitative estimate of drug-likeness (QED) is 0.728. The van der Waals surface area contributed by atoms with Gasteiger partial charge in [0, 0.05) is 38.9 Å². The molecule has 1 atom stereocenters. The van der Waals surface area contributed by atoms with Crippen LogP contribution in [-0.4, -0.2) is 49.8 Å². The van der Waals surface area contributed by atoms with E-state index in [2.05, 4.69) is 44.6 Å². The molecule has 2 N–H and O–H groups in total. The van der Waals surface area contributed by atoms with Gasteiger partial charge in [-0.15, -0.1) is 24.0 Å². The molecule has 22 heavy (non-hydrogen) atoms. The second-order valence-electron chi connectivity index (χ2n) is 5.52. The van der Waals surface area contributed by atoms with Crippen LogP contribution in [0.4, 0.5) is 5.82 Å². The van der Waals surface area contributed by atoms with Crippen LogP contribution < -0.4 is 15.5 Å². The van der Waals surface area contributed by atoms with Crippen molar-refractivity contribution in [3.05, 3.63) is 23.9 Å². The van der Waals surface area contributed by atoms with Crippen LogP contribution in [0, 0.1) is 0 Å². The molecular formula is C15H24IN5O. The maximum Gasteiger partial charge on any atom is 0.191 e. The van der Waals surface area contributed by atoms with Gasteiger partial charge in [-0.1, -0.05) is 6.07 Å². The molecule has 1 saturated heterocycles. The number of aliphatic imine (C=N–C) groups is 1. The molecule has 0 bridgehead atoms. The Kier molecular flexibility index (Phi) is 6.69. The summed E-state index contributed by atoms with van der Waals surface area (Å²) < 4.78 is 5.56. The summed E-state index contributed by atoms with van der Waals surface area (Å²) in [6.07, 6.45) is 3.32. The van der Waals surface area contributed by atoms with Gasteiger partial charge >= 0.3 is 0 Å². The van der Waals surface area contributed by atoms with Gasteiger partial charge < -0.3 is 20.3 Å². The smallest absolute Gasteiger partial charge is 0.191 e. The molecule has 1 unspecified atom stereocenters. The first-order valence-corrected chi connectivity index (χ1v) is 7.65. The normalized spacial score (nSPS) is 21.4. The number of pyridine rings is 1. The fourth-order valence-corrected chi connectivity index (χ4v) is 2.57. The zero-order chi connectivity index (χ0) is 14.5. The number of ether oxygens (including phenoxy) is 1. The summed E-state index contributed by atoms with van der Waals surface area (Å²) in [5, 5.41) is 6.56.